The molecule has 1 atom stereocenters. The average molecular weight is 431 g/mol. The maximum atomic E-state index is 13.2. The zero-order valence-corrected chi connectivity index (χ0v) is 17.1. The second-order valence-electron chi connectivity index (χ2n) is 7.45. The molecule has 4 rings (SSSR count). The van der Waals surface area contributed by atoms with Crippen molar-refractivity contribution in [1.29, 1.82) is 0 Å². The number of alkyl halides is 3. The number of aromatic nitrogens is 2. The monoisotopic (exact) mass is 431 g/mol. The predicted molar refractivity (Wildman–Crippen MR) is 110 cm³/mol. The van der Waals surface area contributed by atoms with Crippen LogP contribution < -0.4 is 5.32 Å². The van der Waals surface area contributed by atoms with Gasteiger partial charge in [0, 0.05) is 5.39 Å². The standard InChI is InChI=1S/C22H20F3N3OS/c1-13-6-8-14(9-7-13)19(15-10-11-15)27-18(29)12-30-20-16-4-2-3-5-17(16)26-21(28-20)22(23,24)25/h2-9,15,19H,10-12H2,1H3,(H,27,29). The molecule has 4 nitrogen and oxygen atoms in total. The summed E-state index contributed by atoms with van der Waals surface area (Å²) in [5.41, 5.74) is 2.40. The smallest absolute Gasteiger partial charge is 0.348 e. The Hall–Kier alpha value is -2.61. The molecule has 1 saturated carbocycles. The summed E-state index contributed by atoms with van der Waals surface area (Å²) in [6, 6.07) is 14.5. The van der Waals surface area contributed by atoms with E-state index in [1.165, 1.54) is 6.07 Å². The lowest BCUT2D eigenvalue weighted by atomic mass is 10.0. The Morgan fingerprint density at radius 3 is 2.50 bits per heavy atom. The maximum absolute atomic E-state index is 13.2. The zero-order chi connectivity index (χ0) is 21.3. The summed E-state index contributed by atoms with van der Waals surface area (Å²) in [4.78, 5) is 19.9. The van der Waals surface area contributed by atoms with Gasteiger partial charge in [0.25, 0.3) is 0 Å². The van der Waals surface area contributed by atoms with E-state index >= 15 is 0 Å². The van der Waals surface area contributed by atoms with Crippen LogP contribution in [0.3, 0.4) is 0 Å². The van der Waals surface area contributed by atoms with Crippen LogP contribution in [0.2, 0.25) is 0 Å². The molecule has 1 unspecified atom stereocenters. The number of carbonyl (C=O) groups excluding carboxylic acids is 1. The van der Waals surface area contributed by atoms with E-state index in [1.54, 1.807) is 18.2 Å². The molecule has 2 aromatic carbocycles. The molecular formula is C22H20F3N3OS. The normalized spacial score (nSPS) is 15.2. The van der Waals surface area contributed by atoms with Crippen LogP contribution in [-0.4, -0.2) is 21.6 Å². The van der Waals surface area contributed by atoms with E-state index in [0.717, 1.165) is 35.7 Å². The Balaban J connectivity index is 1.50. The van der Waals surface area contributed by atoms with E-state index < -0.39 is 12.0 Å². The van der Waals surface area contributed by atoms with Gasteiger partial charge in [-0.05, 0) is 37.3 Å². The van der Waals surface area contributed by atoms with Gasteiger partial charge < -0.3 is 5.32 Å². The number of nitrogens with one attached hydrogen (secondary N) is 1. The largest absolute Gasteiger partial charge is 0.451 e. The molecule has 1 aliphatic carbocycles. The van der Waals surface area contributed by atoms with Crippen LogP contribution in [0.4, 0.5) is 13.2 Å². The molecule has 0 saturated heterocycles. The van der Waals surface area contributed by atoms with Crippen LogP contribution in [0.5, 0.6) is 0 Å². The molecule has 0 spiro atoms. The number of amides is 1. The first kappa shape index (κ1) is 20.7. The highest BCUT2D eigenvalue weighted by Gasteiger charge is 2.36. The van der Waals surface area contributed by atoms with Gasteiger partial charge in [0.05, 0.1) is 17.3 Å². The molecule has 0 aliphatic heterocycles. The van der Waals surface area contributed by atoms with E-state index in [9.17, 15) is 18.0 Å². The minimum absolute atomic E-state index is 0.0205. The first-order valence-electron chi connectivity index (χ1n) is 9.64. The van der Waals surface area contributed by atoms with Gasteiger partial charge in [-0.25, -0.2) is 9.97 Å². The van der Waals surface area contributed by atoms with Crippen LogP contribution in [-0.2, 0) is 11.0 Å². The van der Waals surface area contributed by atoms with E-state index in [0.29, 0.717) is 11.3 Å². The summed E-state index contributed by atoms with van der Waals surface area (Å²) >= 11 is 0.997. The minimum Gasteiger partial charge on any atom is -0.348 e. The van der Waals surface area contributed by atoms with Crippen LogP contribution in [0, 0.1) is 12.8 Å². The summed E-state index contributed by atoms with van der Waals surface area (Å²) < 4.78 is 39.5. The van der Waals surface area contributed by atoms with E-state index in [-0.39, 0.29) is 28.2 Å². The molecule has 1 heterocycles. The van der Waals surface area contributed by atoms with Gasteiger partial charge >= 0.3 is 6.18 Å². The van der Waals surface area contributed by atoms with Gasteiger partial charge in [-0.3, -0.25) is 4.79 Å². The first-order chi connectivity index (χ1) is 14.3. The predicted octanol–water partition coefficient (Wildman–Crippen LogP) is 5.32. The van der Waals surface area contributed by atoms with E-state index in [2.05, 4.69) is 15.3 Å². The summed E-state index contributed by atoms with van der Waals surface area (Å²) in [5.74, 6) is -1.04. The molecule has 1 N–H and O–H groups in total. The molecule has 0 radical (unpaired) electrons. The number of nitrogens with zero attached hydrogens (tertiary/aromatic N) is 2. The third kappa shape index (κ3) is 4.75. The van der Waals surface area contributed by atoms with E-state index in [1.807, 2.05) is 31.2 Å². The van der Waals surface area contributed by atoms with Crippen molar-refractivity contribution in [2.75, 3.05) is 5.75 Å². The number of fused-ring (bicyclic) bond motifs is 1. The quantitative estimate of drug-likeness (QED) is 0.424. The molecule has 3 aromatic rings. The van der Waals surface area contributed by atoms with Crippen molar-refractivity contribution in [2.45, 2.75) is 37.0 Å². The summed E-state index contributed by atoms with van der Waals surface area (Å²) in [7, 11) is 0. The van der Waals surface area contributed by atoms with Gasteiger partial charge in [0.2, 0.25) is 11.7 Å². The molecule has 1 fully saturated rings. The second kappa shape index (κ2) is 8.26. The number of benzene rings is 2. The second-order valence-corrected chi connectivity index (χ2v) is 8.41. The van der Waals surface area contributed by atoms with Crippen molar-refractivity contribution in [3.8, 4) is 0 Å². The van der Waals surface area contributed by atoms with Crippen LogP contribution >= 0.6 is 11.8 Å². The Bertz CT molecular complexity index is 1070. The number of aryl methyl sites for hydroxylation is 1. The molecule has 156 valence electrons. The number of carbonyl (C=O) groups is 1. The first-order valence-corrected chi connectivity index (χ1v) is 10.6. The Morgan fingerprint density at radius 2 is 1.83 bits per heavy atom. The lowest BCUT2D eigenvalue weighted by Crippen LogP contribution is -2.31. The minimum atomic E-state index is -4.65. The van der Waals surface area contributed by atoms with Gasteiger partial charge in [0.1, 0.15) is 5.03 Å². The van der Waals surface area contributed by atoms with Gasteiger partial charge in [0.15, 0.2) is 0 Å². The van der Waals surface area contributed by atoms with Crippen molar-refractivity contribution < 1.29 is 18.0 Å². The fourth-order valence-corrected chi connectivity index (χ4v) is 4.14. The number of rotatable bonds is 6. The number of hydrogen-bond donors (Lipinski definition) is 1. The Labute approximate surface area is 176 Å². The number of hydrogen-bond acceptors (Lipinski definition) is 4. The Morgan fingerprint density at radius 1 is 1.13 bits per heavy atom. The third-order valence-corrected chi connectivity index (χ3v) is 6.00. The highest BCUT2D eigenvalue weighted by Crippen LogP contribution is 2.41. The number of thioether (sulfide) groups is 1. The Kier molecular flexibility index (Phi) is 5.69. The highest BCUT2D eigenvalue weighted by atomic mass is 32.2. The highest BCUT2D eigenvalue weighted by molar-refractivity contribution is 8.00. The number of halogens is 3. The van der Waals surface area contributed by atoms with Gasteiger partial charge in [-0.2, -0.15) is 13.2 Å². The van der Waals surface area contributed by atoms with Crippen molar-refractivity contribution in [3.05, 3.63) is 65.5 Å². The van der Waals surface area contributed by atoms with Crippen molar-refractivity contribution >= 4 is 28.6 Å². The van der Waals surface area contributed by atoms with Crippen LogP contribution in [0.1, 0.15) is 35.8 Å². The third-order valence-electron chi connectivity index (χ3n) is 5.01. The zero-order valence-electron chi connectivity index (χ0n) is 16.2. The molecule has 0 bridgehead atoms. The van der Waals surface area contributed by atoms with Crippen LogP contribution in [0.25, 0.3) is 10.9 Å². The summed E-state index contributed by atoms with van der Waals surface area (Å²) in [6.45, 7) is 2.01. The summed E-state index contributed by atoms with van der Waals surface area (Å²) in [6.07, 6.45) is -2.54. The molecule has 8 heteroatoms. The fraction of sp³-hybridized carbons (Fsp3) is 0.318. The molecule has 1 aromatic heterocycles. The lowest BCUT2D eigenvalue weighted by Gasteiger charge is -2.19. The van der Waals surface area contributed by atoms with Crippen LogP contribution in [0.15, 0.2) is 53.6 Å². The van der Waals surface area contributed by atoms with E-state index in [4.69, 9.17) is 0 Å². The summed E-state index contributed by atoms with van der Waals surface area (Å²) in [5, 5.41) is 3.71. The average Bonchev–Trinajstić information content (AvgIpc) is 3.55. The molecule has 1 aliphatic rings. The fourth-order valence-electron chi connectivity index (χ4n) is 3.31. The molecule has 30 heavy (non-hydrogen) atoms. The topological polar surface area (TPSA) is 54.9 Å². The van der Waals surface area contributed by atoms with Crippen molar-refractivity contribution in [3.63, 3.8) is 0 Å². The molecule has 1 amide bonds. The van der Waals surface area contributed by atoms with Crippen molar-refractivity contribution in [2.24, 2.45) is 5.92 Å². The lowest BCUT2D eigenvalue weighted by molar-refractivity contribution is -0.145. The SMILES string of the molecule is Cc1ccc(C(NC(=O)CSc2nc(C(F)(F)F)nc3ccccc23)C2CC2)cc1. The number of para-hydroxylation sites is 1. The van der Waals surface area contributed by atoms with Gasteiger partial charge in [-0.15, -0.1) is 0 Å². The van der Waals surface area contributed by atoms with Gasteiger partial charge in [-0.1, -0.05) is 59.8 Å². The molecular weight excluding hydrogens is 411 g/mol. The maximum Gasteiger partial charge on any atom is 0.451 e. The van der Waals surface area contributed by atoms with Crippen molar-refractivity contribution in [1.82, 2.24) is 15.3 Å².